The molecule has 10 heavy (non-hydrogen) atoms. The third-order valence-corrected chi connectivity index (χ3v) is 2.48. The molecule has 2 heteroatoms. The molecule has 0 aromatic heterocycles. The van der Waals surface area contributed by atoms with Crippen LogP contribution in [0, 0.1) is 5.92 Å². The van der Waals surface area contributed by atoms with E-state index < -0.39 is 0 Å². The molecule has 0 bridgehead atoms. The Hall–Kier alpha value is -0.0800. The predicted molar refractivity (Wildman–Crippen MR) is 43.9 cm³/mol. The van der Waals surface area contributed by atoms with Gasteiger partial charge in [-0.1, -0.05) is 6.42 Å². The van der Waals surface area contributed by atoms with Crippen LogP contribution in [0.15, 0.2) is 0 Å². The van der Waals surface area contributed by atoms with Crippen molar-refractivity contribution in [3.63, 3.8) is 0 Å². The highest BCUT2D eigenvalue weighted by Crippen LogP contribution is 2.29. The zero-order valence-corrected chi connectivity index (χ0v) is 6.77. The minimum atomic E-state index is 0.459. The predicted octanol–water partition coefficient (Wildman–Crippen LogP) is 0.723. The Labute approximate surface area is 63.2 Å². The maximum Gasteiger partial charge on any atom is 0.00792 e. The van der Waals surface area contributed by atoms with Gasteiger partial charge in [0.25, 0.3) is 0 Å². The summed E-state index contributed by atoms with van der Waals surface area (Å²) in [5.74, 6) is 0.841. The van der Waals surface area contributed by atoms with Gasteiger partial charge in [-0.15, -0.1) is 0 Å². The Kier molecular flexibility index (Phi) is 3.16. The number of hydrogen-bond donors (Lipinski definition) is 2. The lowest BCUT2D eigenvalue weighted by Gasteiger charge is -2.31. The Morgan fingerprint density at radius 1 is 1.60 bits per heavy atom. The van der Waals surface area contributed by atoms with E-state index >= 15 is 0 Å². The first-order valence-electron chi connectivity index (χ1n) is 4.24. The van der Waals surface area contributed by atoms with E-state index in [-0.39, 0.29) is 0 Å². The molecular formula is C8H18N2. The maximum absolute atomic E-state index is 5.93. The fraction of sp³-hybridized carbons (Fsp3) is 1.00. The highest BCUT2D eigenvalue weighted by molar-refractivity contribution is 4.80. The highest BCUT2D eigenvalue weighted by Gasteiger charge is 2.23. The van der Waals surface area contributed by atoms with Gasteiger partial charge in [-0.2, -0.15) is 0 Å². The number of nitrogens with one attached hydrogen (secondary N) is 1. The van der Waals surface area contributed by atoms with E-state index in [0.717, 1.165) is 18.9 Å². The van der Waals surface area contributed by atoms with Crippen LogP contribution < -0.4 is 11.1 Å². The van der Waals surface area contributed by atoms with Crippen molar-refractivity contribution >= 4 is 0 Å². The molecule has 0 saturated heterocycles. The molecule has 0 aromatic rings. The molecule has 0 aromatic carbocycles. The van der Waals surface area contributed by atoms with Gasteiger partial charge in [0, 0.05) is 6.04 Å². The monoisotopic (exact) mass is 142 g/mol. The van der Waals surface area contributed by atoms with E-state index in [0.29, 0.717) is 6.04 Å². The van der Waals surface area contributed by atoms with Gasteiger partial charge < -0.3 is 11.1 Å². The van der Waals surface area contributed by atoms with Crippen LogP contribution in [0.5, 0.6) is 0 Å². The minimum Gasteiger partial charge on any atom is -0.327 e. The standard InChI is InChI=1S/C8H18N2/c1-10-6-5-8(9)7-3-2-4-7/h7-8,10H,2-6,9H2,1H3. The average molecular weight is 142 g/mol. The summed E-state index contributed by atoms with van der Waals surface area (Å²) in [6.07, 6.45) is 5.27. The summed E-state index contributed by atoms with van der Waals surface area (Å²) in [5, 5.41) is 3.12. The largest absolute Gasteiger partial charge is 0.327 e. The summed E-state index contributed by atoms with van der Waals surface area (Å²) < 4.78 is 0. The Morgan fingerprint density at radius 3 is 2.70 bits per heavy atom. The molecular weight excluding hydrogens is 124 g/mol. The molecule has 0 radical (unpaired) electrons. The first-order chi connectivity index (χ1) is 4.84. The van der Waals surface area contributed by atoms with E-state index in [1.807, 2.05) is 7.05 Å². The van der Waals surface area contributed by atoms with Crippen molar-refractivity contribution < 1.29 is 0 Å². The first-order valence-corrected chi connectivity index (χ1v) is 4.24. The molecule has 1 rings (SSSR count). The molecule has 1 unspecified atom stereocenters. The topological polar surface area (TPSA) is 38.0 Å². The van der Waals surface area contributed by atoms with Crippen molar-refractivity contribution in [2.75, 3.05) is 13.6 Å². The second-order valence-corrected chi connectivity index (χ2v) is 3.25. The van der Waals surface area contributed by atoms with Gasteiger partial charge in [0.1, 0.15) is 0 Å². The minimum absolute atomic E-state index is 0.459. The van der Waals surface area contributed by atoms with Crippen LogP contribution in [0.3, 0.4) is 0 Å². The summed E-state index contributed by atoms with van der Waals surface area (Å²) in [6, 6.07) is 0.459. The van der Waals surface area contributed by atoms with Gasteiger partial charge in [-0.3, -0.25) is 0 Å². The van der Waals surface area contributed by atoms with Crippen LogP contribution in [0.25, 0.3) is 0 Å². The van der Waals surface area contributed by atoms with E-state index in [9.17, 15) is 0 Å². The third kappa shape index (κ3) is 1.96. The molecule has 0 aliphatic heterocycles. The fourth-order valence-corrected chi connectivity index (χ4v) is 1.41. The Morgan fingerprint density at radius 2 is 2.30 bits per heavy atom. The van der Waals surface area contributed by atoms with Crippen LogP contribution in [0.1, 0.15) is 25.7 Å². The summed E-state index contributed by atoms with van der Waals surface area (Å²) >= 11 is 0. The molecule has 1 aliphatic carbocycles. The van der Waals surface area contributed by atoms with Gasteiger partial charge in [0.05, 0.1) is 0 Å². The summed E-state index contributed by atoms with van der Waals surface area (Å²) in [5.41, 5.74) is 5.93. The Balaban J connectivity index is 2.02. The lowest BCUT2D eigenvalue weighted by atomic mass is 9.79. The second kappa shape index (κ2) is 3.94. The summed E-state index contributed by atoms with van der Waals surface area (Å²) in [4.78, 5) is 0. The molecule has 1 saturated carbocycles. The molecule has 0 spiro atoms. The van der Waals surface area contributed by atoms with Crippen molar-refractivity contribution in [3.05, 3.63) is 0 Å². The molecule has 3 N–H and O–H groups in total. The molecule has 60 valence electrons. The van der Waals surface area contributed by atoms with Gasteiger partial charge >= 0.3 is 0 Å². The molecule has 1 atom stereocenters. The zero-order chi connectivity index (χ0) is 7.40. The van der Waals surface area contributed by atoms with Crippen LogP contribution in [-0.2, 0) is 0 Å². The molecule has 0 heterocycles. The summed E-state index contributed by atoms with van der Waals surface area (Å²) in [6.45, 7) is 1.07. The fourth-order valence-electron chi connectivity index (χ4n) is 1.41. The number of hydrogen-bond acceptors (Lipinski definition) is 2. The van der Waals surface area contributed by atoms with Crippen molar-refractivity contribution in [2.45, 2.75) is 31.7 Å². The molecule has 0 amide bonds. The maximum atomic E-state index is 5.93. The smallest absolute Gasteiger partial charge is 0.00792 e. The van der Waals surface area contributed by atoms with Crippen molar-refractivity contribution in [1.29, 1.82) is 0 Å². The van der Waals surface area contributed by atoms with Crippen molar-refractivity contribution in [1.82, 2.24) is 5.32 Å². The molecule has 1 fully saturated rings. The van der Waals surface area contributed by atoms with Crippen LogP contribution in [-0.4, -0.2) is 19.6 Å². The van der Waals surface area contributed by atoms with Crippen LogP contribution in [0.4, 0.5) is 0 Å². The zero-order valence-electron chi connectivity index (χ0n) is 6.77. The van der Waals surface area contributed by atoms with E-state index in [1.54, 1.807) is 0 Å². The van der Waals surface area contributed by atoms with E-state index in [4.69, 9.17) is 5.73 Å². The highest BCUT2D eigenvalue weighted by atomic mass is 14.8. The summed E-state index contributed by atoms with van der Waals surface area (Å²) in [7, 11) is 1.98. The van der Waals surface area contributed by atoms with Gasteiger partial charge in [0.2, 0.25) is 0 Å². The lowest BCUT2D eigenvalue weighted by molar-refractivity contribution is 0.252. The quantitative estimate of drug-likeness (QED) is 0.607. The number of rotatable bonds is 4. The van der Waals surface area contributed by atoms with Crippen LogP contribution in [0.2, 0.25) is 0 Å². The lowest BCUT2D eigenvalue weighted by Crippen LogP contribution is -2.36. The van der Waals surface area contributed by atoms with Gasteiger partial charge in [0.15, 0.2) is 0 Å². The second-order valence-electron chi connectivity index (χ2n) is 3.25. The molecule has 2 nitrogen and oxygen atoms in total. The van der Waals surface area contributed by atoms with Crippen molar-refractivity contribution in [3.8, 4) is 0 Å². The van der Waals surface area contributed by atoms with E-state index in [1.165, 1.54) is 19.3 Å². The first kappa shape index (κ1) is 8.02. The van der Waals surface area contributed by atoms with Crippen LogP contribution >= 0.6 is 0 Å². The third-order valence-electron chi connectivity index (χ3n) is 2.48. The Bertz CT molecular complexity index is 89.3. The van der Waals surface area contributed by atoms with Gasteiger partial charge in [-0.05, 0) is 38.8 Å². The average Bonchev–Trinajstić information content (AvgIpc) is 1.79. The van der Waals surface area contributed by atoms with Gasteiger partial charge in [-0.25, -0.2) is 0 Å². The SMILES string of the molecule is CNCCC(N)C1CCC1. The van der Waals surface area contributed by atoms with Crippen molar-refractivity contribution in [2.24, 2.45) is 11.7 Å². The molecule has 1 aliphatic rings. The van der Waals surface area contributed by atoms with E-state index in [2.05, 4.69) is 5.32 Å². The normalized spacial score (nSPS) is 22.2. The number of nitrogens with two attached hydrogens (primary N) is 1.